The molecule has 4 nitrogen and oxygen atoms in total. The molecule has 0 aromatic heterocycles. The molecule has 0 aromatic rings. The number of amides is 1. The minimum Gasteiger partial charge on any atom is -0.481 e. The summed E-state index contributed by atoms with van der Waals surface area (Å²) in [6.45, 7) is 0.614. The molecule has 0 radical (unpaired) electrons. The first-order valence-electron chi connectivity index (χ1n) is 4.67. The number of rotatable bonds is 6. The van der Waals surface area contributed by atoms with Crippen molar-refractivity contribution < 1.29 is 14.7 Å². The topological polar surface area (TPSA) is 66.4 Å². The van der Waals surface area contributed by atoms with E-state index in [0.29, 0.717) is 6.54 Å². The molecule has 1 amide bonds. The number of hydrogen-bond donors (Lipinski definition) is 2. The van der Waals surface area contributed by atoms with Gasteiger partial charge in [-0.2, -0.15) is 0 Å². The first-order valence-corrected chi connectivity index (χ1v) is 4.67. The van der Waals surface area contributed by atoms with Crippen molar-refractivity contribution in [2.24, 2.45) is 5.92 Å². The quantitative estimate of drug-likeness (QED) is 0.474. The maximum atomic E-state index is 10.8. The lowest BCUT2D eigenvalue weighted by Gasteiger charge is -2.01. The predicted molar refractivity (Wildman–Crippen MR) is 47.2 cm³/mol. The molecule has 0 unspecified atom stereocenters. The zero-order chi connectivity index (χ0) is 9.68. The van der Waals surface area contributed by atoms with Crippen molar-refractivity contribution in [1.82, 2.24) is 5.32 Å². The van der Waals surface area contributed by atoms with E-state index >= 15 is 0 Å². The third-order valence-electron chi connectivity index (χ3n) is 2.12. The third-order valence-corrected chi connectivity index (χ3v) is 2.12. The zero-order valence-corrected chi connectivity index (χ0v) is 7.58. The Hall–Kier alpha value is -1.06. The first kappa shape index (κ1) is 10.0. The molecule has 2 N–H and O–H groups in total. The highest BCUT2D eigenvalue weighted by molar-refractivity contribution is 5.93. The van der Waals surface area contributed by atoms with Crippen LogP contribution < -0.4 is 5.32 Å². The Morgan fingerprint density at radius 3 is 2.62 bits per heavy atom. The SMILES string of the molecule is O=C(O)CC(=O)NCCCC1CC1. The molecule has 0 bridgehead atoms. The van der Waals surface area contributed by atoms with E-state index in [1.54, 1.807) is 0 Å². The summed E-state index contributed by atoms with van der Waals surface area (Å²) >= 11 is 0. The maximum absolute atomic E-state index is 10.8. The van der Waals surface area contributed by atoms with E-state index < -0.39 is 12.4 Å². The van der Waals surface area contributed by atoms with Crippen molar-refractivity contribution in [3.8, 4) is 0 Å². The van der Waals surface area contributed by atoms with Crippen LogP contribution in [0.15, 0.2) is 0 Å². The molecule has 0 aromatic carbocycles. The van der Waals surface area contributed by atoms with Gasteiger partial charge in [0, 0.05) is 6.54 Å². The summed E-state index contributed by atoms with van der Waals surface area (Å²) in [5.74, 6) is -0.584. The second-order valence-corrected chi connectivity index (χ2v) is 3.51. The maximum Gasteiger partial charge on any atom is 0.312 e. The lowest BCUT2D eigenvalue weighted by Crippen LogP contribution is -2.26. The van der Waals surface area contributed by atoms with Gasteiger partial charge in [0.05, 0.1) is 0 Å². The molecular weight excluding hydrogens is 170 g/mol. The van der Waals surface area contributed by atoms with Gasteiger partial charge in [0.15, 0.2) is 0 Å². The Morgan fingerprint density at radius 2 is 2.08 bits per heavy atom. The number of hydrogen-bond acceptors (Lipinski definition) is 2. The minimum absolute atomic E-state index is 0.386. The second-order valence-electron chi connectivity index (χ2n) is 3.51. The number of nitrogens with one attached hydrogen (secondary N) is 1. The molecule has 13 heavy (non-hydrogen) atoms. The van der Waals surface area contributed by atoms with Gasteiger partial charge in [0.1, 0.15) is 6.42 Å². The van der Waals surface area contributed by atoms with Crippen molar-refractivity contribution in [2.75, 3.05) is 6.54 Å². The van der Waals surface area contributed by atoms with E-state index in [1.165, 1.54) is 12.8 Å². The normalized spacial score (nSPS) is 15.4. The van der Waals surface area contributed by atoms with Crippen LogP contribution >= 0.6 is 0 Å². The monoisotopic (exact) mass is 185 g/mol. The van der Waals surface area contributed by atoms with Gasteiger partial charge in [-0.1, -0.05) is 12.8 Å². The number of carbonyl (C=O) groups is 2. The van der Waals surface area contributed by atoms with Gasteiger partial charge in [0.2, 0.25) is 5.91 Å². The van der Waals surface area contributed by atoms with E-state index in [9.17, 15) is 9.59 Å². The van der Waals surface area contributed by atoms with Gasteiger partial charge < -0.3 is 10.4 Å². The second kappa shape index (κ2) is 4.84. The van der Waals surface area contributed by atoms with Crippen LogP contribution in [0.4, 0.5) is 0 Å². The molecule has 0 atom stereocenters. The number of carbonyl (C=O) groups excluding carboxylic acids is 1. The van der Waals surface area contributed by atoms with Crippen LogP contribution in [0.25, 0.3) is 0 Å². The molecule has 1 aliphatic carbocycles. The molecule has 1 rings (SSSR count). The van der Waals surface area contributed by atoms with E-state index in [2.05, 4.69) is 5.32 Å². The largest absolute Gasteiger partial charge is 0.481 e. The molecule has 0 aliphatic heterocycles. The van der Waals surface area contributed by atoms with Crippen LogP contribution in [0.1, 0.15) is 32.1 Å². The van der Waals surface area contributed by atoms with E-state index in [4.69, 9.17) is 5.11 Å². The summed E-state index contributed by atoms with van der Waals surface area (Å²) in [7, 11) is 0. The van der Waals surface area contributed by atoms with Crippen LogP contribution in [-0.2, 0) is 9.59 Å². The summed E-state index contributed by atoms with van der Waals surface area (Å²) < 4.78 is 0. The summed E-state index contributed by atoms with van der Waals surface area (Å²) in [4.78, 5) is 20.9. The highest BCUT2D eigenvalue weighted by Crippen LogP contribution is 2.33. The molecule has 1 aliphatic rings. The molecule has 0 spiro atoms. The third kappa shape index (κ3) is 5.22. The molecule has 74 valence electrons. The van der Waals surface area contributed by atoms with Crippen molar-refractivity contribution in [3.63, 3.8) is 0 Å². The van der Waals surface area contributed by atoms with Crippen LogP contribution in [0, 0.1) is 5.92 Å². The molecular formula is C9H15NO3. The van der Waals surface area contributed by atoms with Gasteiger partial charge in [-0.3, -0.25) is 9.59 Å². The summed E-state index contributed by atoms with van der Waals surface area (Å²) in [6.07, 6.45) is 4.36. The van der Waals surface area contributed by atoms with Crippen molar-refractivity contribution >= 4 is 11.9 Å². The van der Waals surface area contributed by atoms with Crippen LogP contribution in [0.2, 0.25) is 0 Å². The zero-order valence-electron chi connectivity index (χ0n) is 7.58. The molecule has 0 heterocycles. The smallest absolute Gasteiger partial charge is 0.312 e. The summed E-state index contributed by atoms with van der Waals surface area (Å²) in [5.41, 5.74) is 0. The molecule has 1 saturated carbocycles. The first-order chi connectivity index (χ1) is 6.18. The van der Waals surface area contributed by atoms with Gasteiger partial charge >= 0.3 is 5.97 Å². The standard InChI is InChI=1S/C9H15NO3/c11-8(6-9(12)13)10-5-1-2-7-3-4-7/h7H,1-6H2,(H,10,11)(H,12,13). The fourth-order valence-electron chi connectivity index (χ4n) is 1.22. The average molecular weight is 185 g/mol. The fourth-order valence-corrected chi connectivity index (χ4v) is 1.22. The fraction of sp³-hybridized carbons (Fsp3) is 0.778. The van der Waals surface area contributed by atoms with E-state index in [-0.39, 0.29) is 5.91 Å². The van der Waals surface area contributed by atoms with Crippen molar-refractivity contribution in [3.05, 3.63) is 0 Å². The Labute approximate surface area is 77.3 Å². The highest BCUT2D eigenvalue weighted by Gasteiger charge is 2.20. The van der Waals surface area contributed by atoms with Crippen LogP contribution in [-0.4, -0.2) is 23.5 Å². The molecule has 4 heteroatoms. The Bertz CT molecular complexity index is 199. The van der Waals surface area contributed by atoms with Crippen molar-refractivity contribution in [2.45, 2.75) is 32.1 Å². The molecule has 1 fully saturated rings. The number of carboxylic acids is 1. The van der Waals surface area contributed by atoms with Crippen LogP contribution in [0.3, 0.4) is 0 Å². The minimum atomic E-state index is -1.07. The predicted octanol–water partition coefficient (Wildman–Crippen LogP) is 0.767. The van der Waals surface area contributed by atoms with Crippen molar-refractivity contribution in [1.29, 1.82) is 0 Å². The van der Waals surface area contributed by atoms with Gasteiger partial charge in [-0.25, -0.2) is 0 Å². The number of aliphatic carboxylic acids is 1. The highest BCUT2D eigenvalue weighted by atomic mass is 16.4. The Balaban J connectivity index is 1.91. The average Bonchev–Trinajstić information content (AvgIpc) is 2.80. The van der Waals surface area contributed by atoms with Crippen LogP contribution in [0.5, 0.6) is 0 Å². The van der Waals surface area contributed by atoms with Gasteiger partial charge in [0.25, 0.3) is 0 Å². The Kier molecular flexibility index (Phi) is 3.73. The Morgan fingerprint density at radius 1 is 1.38 bits per heavy atom. The van der Waals surface area contributed by atoms with E-state index in [1.807, 2.05) is 0 Å². The lowest BCUT2D eigenvalue weighted by atomic mass is 10.2. The summed E-state index contributed by atoms with van der Waals surface area (Å²) in [5, 5.41) is 10.9. The van der Waals surface area contributed by atoms with Gasteiger partial charge in [-0.15, -0.1) is 0 Å². The molecule has 0 saturated heterocycles. The van der Waals surface area contributed by atoms with E-state index in [0.717, 1.165) is 18.8 Å². The number of carboxylic acid groups (broad SMARTS) is 1. The van der Waals surface area contributed by atoms with Gasteiger partial charge in [-0.05, 0) is 18.8 Å². The summed E-state index contributed by atoms with van der Waals surface area (Å²) in [6, 6.07) is 0. The lowest BCUT2D eigenvalue weighted by molar-refractivity contribution is -0.140.